The van der Waals surface area contributed by atoms with Gasteiger partial charge < -0.3 is 5.32 Å². The summed E-state index contributed by atoms with van der Waals surface area (Å²) in [6.45, 7) is -0.263. The Labute approximate surface area is 151 Å². The molecule has 2 aromatic rings. The summed E-state index contributed by atoms with van der Waals surface area (Å²) in [4.78, 5) is 13.4. The third-order valence-corrected chi connectivity index (χ3v) is 3.63. The van der Waals surface area contributed by atoms with E-state index in [2.05, 4.69) is 5.32 Å². The van der Waals surface area contributed by atoms with Crippen molar-refractivity contribution in [1.82, 2.24) is 4.90 Å². The third-order valence-electron chi connectivity index (χ3n) is 3.63. The van der Waals surface area contributed by atoms with Gasteiger partial charge in [-0.2, -0.15) is 26.3 Å². The number of anilines is 1. The standard InChI is InChI=1S/C18H16F6N2O/c1-26(10-12-5-4-6-13(9-12)17(19,20)21)11-16(27)25-15-8-3-2-7-14(15)18(22,23)24/h2-9H,10-11H2,1H3,(H,25,27). The van der Waals surface area contributed by atoms with Gasteiger partial charge in [-0.05, 0) is 30.8 Å². The number of nitrogens with zero attached hydrogens (tertiary/aromatic N) is 1. The van der Waals surface area contributed by atoms with Crippen molar-refractivity contribution in [3.05, 3.63) is 65.2 Å². The number of rotatable bonds is 5. The Kier molecular flexibility index (Phi) is 6.15. The second-order valence-electron chi connectivity index (χ2n) is 5.96. The number of carbonyl (C=O) groups excluding carboxylic acids is 1. The molecule has 27 heavy (non-hydrogen) atoms. The van der Waals surface area contributed by atoms with Gasteiger partial charge in [-0.3, -0.25) is 9.69 Å². The number of benzene rings is 2. The fourth-order valence-electron chi connectivity index (χ4n) is 2.49. The van der Waals surface area contributed by atoms with Crippen LogP contribution < -0.4 is 5.32 Å². The van der Waals surface area contributed by atoms with Crippen molar-refractivity contribution >= 4 is 11.6 Å². The highest BCUT2D eigenvalue weighted by Crippen LogP contribution is 2.34. The Morgan fingerprint density at radius 3 is 2.26 bits per heavy atom. The topological polar surface area (TPSA) is 32.3 Å². The second kappa shape index (κ2) is 7.99. The van der Waals surface area contributed by atoms with Crippen LogP contribution in [0.3, 0.4) is 0 Å². The maximum absolute atomic E-state index is 12.9. The van der Waals surface area contributed by atoms with E-state index in [4.69, 9.17) is 0 Å². The van der Waals surface area contributed by atoms with Gasteiger partial charge in [-0.1, -0.05) is 30.3 Å². The molecule has 9 heteroatoms. The van der Waals surface area contributed by atoms with Crippen LogP contribution in [0.4, 0.5) is 32.0 Å². The predicted molar refractivity (Wildman–Crippen MR) is 87.9 cm³/mol. The number of amides is 1. The fourth-order valence-corrected chi connectivity index (χ4v) is 2.49. The number of nitrogens with one attached hydrogen (secondary N) is 1. The van der Waals surface area contributed by atoms with Gasteiger partial charge in [-0.15, -0.1) is 0 Å². The number of para-hydroxylation sites is 1. The van der Waals surface area contributed by atoms with E-state index in [1.54, 1.807) is 0 Å². The molecule has 1 amide bonds. The van der Waals surface area contributed by atoms with E-state index in [0.29, 0.717) is 5.56 Å². The van der Waals surface area contributed by atoms with Crippen molar-refractivity contribution in [1.29, 1.82) is 0 Å². The normalized spacial score (nSPS) is 12.3. The van der Waals surface area contributed by atoms with Crippen LogP contribution in [-0.4, -0.2) is 24.4 Å². The molecule has 0 spiro atoms. The van der Waals surface area contributed by atoms with Crippen molar-refractivity contribution < 1.29 is 31.1 Å². The largest absolute Gasteiger partial charge is 0.418 e. The van der Waals surface area contributed by atoms with Crippen molar-refractivity contribution in [2.24, 2.45) is 0 Å². The lowest BCUT2D eigenvalue weighted by Crippen LogP contribution is -2.30. The molecule has 2 aromatic carbocycles. The molecule has 0 atom stereocenters. The number of hydrogen-bond acceptors (Lipinski definition) is 2. The number of alkyl halides is 6. The van der Waals surface area contributed by atoms with E-state index >= 15 is 0 Å². The minimum Gasteiger partial charge on any atom is -0.324 e. The molecule has 0 aliphatic heterocycles. The summed E-state index contributed by atoms with van der Waals surface area (Å²) in [6, 6.07) is 9.18. The van der Waals surface area contributed by atoms with Crippen LogP contribution in [-0.2, 0) is 23.7 Å². The van der Waals surface area contributed by atoms with Gasteiger partial charge in [0, 0.05) is 6.54 Å². The SMILES string of the molecule is CN(CC(=O)Nc1ccccc1C(F)(F)F)Cc1cccc(C(F)(F)F)c1. The van der Waals surface area contributed by atoms with Crippen LogP contribution in [0.5, 0.6) is 0 Å². The maximum atomic E-state index is 12.9. The fraction of sp³-hybridized carbons (Fsp3) is 0.278. The molecule has 0 unspecified atom stereocenters. The summed E-state index contributed by atoms with van der Waals surface area (Å²) in [5.41, 5.74) is -1.82. The molecule has 0 saturated heterocycles. The highest BCUT2D eigenvalue weighted by Gasteiger charge is 2.33. The average Bonchev–Trinajstić information content (AvgIpc) is 2.53. The van der Waals surface area contributed by atoms with Gasteiger partial charge in [0.1, 0.15) is 0 Å². The van der Waals surface area contributed by atoms with Gasteiger partial charge in [0.15, 0.2) is 0 Å². The van der Waals surface area contributed by atoms with E-state index < -0.39 is 29.4 Å². The van der Waals surface area contributed by atoms with Crippen LogP contribution in [0.1, 0.15) is 16.7 Å². The summed E-state index contributed by atoms with van der Waals surface area (Å²) in [6.07, 6.45) is -9.10. The summed E-state index contributed by atoms with van der Waals surface area (Å²) >= 11 is 0. The smallest absolute Gasteiger partial charge is 0.324 e. The highest BCUT2D eigenvalue weighted by atomic mass is 19.4. The lowest BCUT2D eigenvalue weighted by Gasteiger charge is -2.18. The molecule has 1 N–H and O–H groups in total. The molecule has 0 aliphatic rings. The Morgan fingerprint density at radius 2 is 1.63 bits per heavy atom. The van der Waals surface area contributed by atoms with Crippen LogP contribution in [0.25, 0.3) is 0 Å². The van der Waals surface area contributed by atoms with Crippen molar-refractivity contribution in [2.45, 2.75) is 18.9 Å². The average molecular weight is 390 g/mol. The molecule has 0 radical (unpaired) electrons. The van der Waals surface area contributed by atoms with Crippen LogP contribution >= 0.6 is 0 Å². The lowest BCUT2D eigenvalue weighted by atomic mass is 10.1. The van der Waals surface area contributed by atoms with Crippen molar-refractivity contribution in [2.75, 3.05) is 18.9 Å². The Hall–Kier alpha value is -2.55. The molecule has 0 aliphatic carbocycles. The maximum Gasteiger partial charge on any atom is 0.418 e. The number of hydrogen-bond donors (Lipinski definition) is 1. The second-order valence-corrected chi connectivity index (χ2v) is 5.96. The van der Waals surface area contributed by atoms with Crippen LogP contribution in [0.15, 0.2) is 48.5 Å². The zero-order chi connectivity index (χ0) is 20.2. The minimum atomic E-state index is -4.62. The molecule has 2 rings (SSSR count). The molecule has 0 heterocycles. The quantitative estimate of drug-likeness (QED) is 0.745. The Morgan fingerprint density at radius 1 is 0.963 bits per heavy atom. The first-order valence-corrected chi connectivity index (χ1v) is 7.77. The van der Waals surface area contributed by atoms with Gasteiger partial charge in [0.05, 0.1) is 23.4 Å². The highest BCUT2D eigenvalue weighted by molar-refractivity contribution is 5.93. The summed E-state index contributed by atoms with van der Waals surface area (Å²) < 4.78 is 77.0. The summed E-state index contributed by atoms with van der Waals surface area (Å²) in [5, 5.41) is 2.19. The molecule has 0 fully saturated rings. The molecule has 0 aromatic heterocycles. The molecular weight excluding hydrogens is 374 g/mol. The van der Waals surface area contributed by atoms with Crippen LogP contribution in [0, 0.1) is 0 Å². The van der Waals surface area contributed by atoms with Crippen molar-refractivity contribution in [3.8, 4) is 0 Å². The zero-order valence-corrected chi connectivity index (χ0v) is 14.2. The van der Waals surface area contributed by atoms with Gasteiger partial charge >= 0.3 is 12.4 Å². The van der Waals surface area contributed by atoms with E-state index in [1.165, 1.54) is 36.2 Å². The Balaban J connectivity index is 2.01. The third kappa shape index (κ3) is 5.99. The lowest BCUT2D eigenvalue weighted by molar-refractivity contribution is -0.138. The summed E-state index contributed by atoms with van der Waals surface area (Å²) in [7, 11) is 1.48. The molecule has 3 nitrogen and oxygen atoms in total. The van der Waals surface area contributed by atoms with Crippen molar-refractivity contribution in [3.63, 3.8) is 0 Å². The number of likely N-dealkylation sites (N-methyl/N-ethyl adjacent to an activating group) is 1. The van der Waals surface area contributed by atoms with Gasteiger partial charge in [0.2, 0.25) is 5.91 Å². The van der Waals surface area contributed by atoms with E-state index in [-0.39, 0.29) is 18.8 Å². The summed E-state index contributed by atoms with van der Waals surface area (Å²) in [5.74, 6) is -0.707. The van der Waals surface area contributed by atoms with E-state index in [0.717, 1.165) is 24.3 Å². The first-order chi connectivity index (χ1) is 12.5. The van der Waals surface area contributed by atoms with Gasteiger partial charge in [0.25, 0.3) is 0 Å². The Bertz CT molecular complexity index is 801. The molecule has 146 valence electrons. The molecule has 0 bridgehead atoms. The first kappa shape index (κ1) is 20.8. The predicted octanol–water partition coefficient (Wildman–Crippen LogP) is 4.79. The monoisotopic (exact) mass is 390 g/mol. The molecule has 0 saturated carbocycles. The van der Waals surface area contributed by atoms with Crippen LogP contribution in [0.2, 0.25) is 0 Å². The van der Waals surface area contributed by atoms with Gasteiger partial charge in [-0.25, -0.2) is 0 Å². The molecular formula is C18H16F6N2O. The first-order valence-electron chi connectivity index (χ1n) is 7.77. The number of halogens is 6. The zero-order valence-electron chi connectivity index (χ0n) is 14.2. The van der Waals surface area contributed by atoms with E-state index in [9.17, 15) is 31.1 Å². The number of carbonyl (C=O) groups is 1. The van der Waals surface area contributed by atoms with E-state index in [1.807, 2.05) is 0 Å². The minimum absolute atomic E-state index is 0.0260.